The Hall–Kier alpha value is -3.19. The molecule has 6 nitrogen and oxygen atoms in total. The van der Waals surface area contributed by atoms with Gasteiger partial charge in [0.15, 0.2) is 16.7 Å². The van der Waals surface area contributed by atoms with Gasteiger partial charge in [0.1, 0.15) is 0 Å². The van der Waals surface area contributed by atoms with Crippen LogP contribution in [-0.2, 0) is 0 Å². The molecule has 1 N–H and O–H groups in total. The molecule has 4 rings (SSSR count). The Balaban J connectivity index is 1.63. The second-order valence-electron chi connectivity index (χ2n) is 6.08. The first-order chi connectivity index (χ1) is 13.7. The maximum atomic E-state index is 12.8. The number of ether oxygens (including phenoxy) is 2. The zero-order chi connectivity index (χ0) is 19.5. The Bertz CT molecular complexity index is 1060. The van der Waals surface area contributed by atoms with Crippen molar-refractivity contribution in [3.63, 3.8) is 0 Å². The molecule has 2 heterocycles. The number of methoxy groups -OCH3 is 2. The predicted molar refractivity (Wildman–Crippen MR) is 111 cm³/mol. The first-order valence-corrected chi connectivity index (χ1v) is 9.69. The van der Waals surface area contributed by atoms with E-state index in [2.05, 4.69) is 11.4 Å². The van der Waals surface area contributed by atoms with E-state index in [0.29, 0.717) is 22.7 Å². The lowest BCUT2D eigenvalue weighted by Gasteiger charge is -2.12. The molecule has 0 aliphatic carbocycles. The van der Waals surface area contributed by atoms with Crippen LogP contribution >= 0.6 is 11.8 Å². The number of benzene rings is 2. The quantitative estimate of drug-likeness (QED) is 0.696. The number of carbonyl (C=O) groups excluding carboxylic acids is 1. The number of para-hydroxylation sites is 1. The van der Waals surface area contributed by atoms with Crippen molar-refractivity contribution in [2.45, 2.75) is 5.16 Å². The third-order valence-electron chi connectivity index (χ3n) is 4.37. The highest BCUT2D eigenvalue weighted by Crippen LogP contribution is 2.32. The van der Waals surface area contributed by atoms with E-state index in [-0.39, 0.29) is 5.91 Å². The lowest BCUT2D eigenvalue weighted by Crippen LogP contribution is -2.13. The minimum Gasteiger partial charge on any atom is -0.493 e. The molecule has 1 aliphatic heterocycles. The Kier molecular flexibility index (Phi) is 5.08. The number of fused-ring (bicyclic) bond motifs is 1. The average molecular weight is 393 g/mol. The summed E-state index contributed by atoms with van der Waals surface area (Å²) in [5.41, 5.74) is 2.87. The molecular formula is C21H19N3O3S. The number of hydrogen-bond donors (Lipinski definition) is 1. The minimum atomic E-state index is -0.230. The maximum absolute atomic E-state index is 12.8. The van der Waals surface area contributed by atoms with E-state index in [1.54, 1.807) is 44.2 Å². The number of thioether (sulfide) groups is 1. The number of rotatable bonds is 5. The normalized spacial score (nSPS) is 12.4. The van der Waals surface area contributed by atoms with Crippen molar-refractivity contribution in [3.05, 3.63) is 60.3 Å². The fraction of sp³-hybridized carbons (Fsp3) is 0.143. The molecule has 1 aromatic heterocycles. The maximum Gasteiger partial charge on any atom is 0.255 e. The van der Waals surface area contributed by atoms with Gasteiger partial charge in [-0.25, -0.2) is 4.98 Å². The predicted octanol–water partition coefficient (Wildman–Crippen LogP) is 4.40. The van der Waals surface area contributed by atoms with Gasteiger partial charge < -0.3 is 19.4 Å². The van der Waals surface area contributed by atoms with Crippen molar-refractivity contribution in [3.8, 4) is 22.8 Å². The molecule has 0 fully saturated rings. The van der Waals surface area contributed by atoms with Gasteiger partial charge in [0, 0.05) is 29.3 Å². The third kappa shape index (κ3) is 3.48. The standard InChI is InChI=1S/C21H19N3O3S/c1-26-18-9-8-14(12-19(18)27-2)20(25)22-16-7-4-3-6-15(16)17-13-24-10-5-11-28-21(24)23-17/h3-10,12-13H,11H2,1-2H3,(H,22,25). The lowest BCUT2D eigenvalue weighted by atomic mass is 10.1. The Morgan fingerprint density at radius 2 is 1.96 bits per heavy atom. The van der Waals surface area contributed by atoms with Crippen molar-refractivity contribution in [2.24, 2.45) is 0 Å². The minimum absolute atomic E-state index is 0.230. The zero-order valence-electron chi connectivity index (χ0n) is 15.5. The van der Waals surface area contributed by atoms with Crippen LogP contribution in [0.4, 0.5) is 5.69 Å². The molecule has 0 spiro atoms. The van der Waals surface area contributed by atoms with Crippen molar-refractivity contribution in [1.29, 1.82) is 0 Å². The van der Waals surface area contributed by atoms with Gasteiger partial charge in [-0.1, -0.05) is 36.0 Å². The monoisotopic (exact) mass is 393 g/mol. The van der Waals surface area contributed by atoms with Crippen LogP contribution in [0.25, 0.3) is 17.5 Å². The molecule has 0 bridgehead atoms. The summed E-state index contributed by atoms with van der Waals surface area (Å²) < 4.78 is 12.5. The van der Waals surface area contributed by atoms with Crippen LogP contribution in [0.3, 0.4) is 0 Å². The largest absolute Gasteiger partial charge is 0.493 e. The van der Waals surface area contributed by atoms with Crippen molar-refractivity contribution in [2.75, 3.05) is 25.3 Å². The summed E-state index contributed by atoms with van der Waals surface area (Å²) in [5.74, 6) is 1.77. The first-order valence-electron chi connectivity index (χ1n) is 8.70. The van der Waals surface area contributed by atoms with Crippen LogP contribution in [0.1, 0.15) is 10.4 Å². The topological polar surface area (TPSA) is 65.4 Å². The van der Waals surface area contributed by atoms with Gasteiger partial charge in [-0.3, -0.25) is 4.79 Å². The molecule has 0 saturated heterocycles. The smallest absolute Gasteiger partial charge is 0.255 e. The second kappa shape index (κ2) is 7.82. The van der Waals surface area contributed by atoms with Gasteiger partial charge in [0.2, 0.25) is 0 Å². The fourth-order valence-corrected chi connectivity index (χ4v) is 3.74. The fourth-order valence-electron chi connectivity index (χ4n) is 2.99. The molecule has 1 aliphatic rings. The third-order valence-corrected chi connectivity index (χ3v) is 5.29. The molecule has 28 heavy (non-hydrogen) atoms. The number of carbonyl (C=O) groups is 1. The molecule has 0 unspecified atom stereocenters. The van der Waals surface area contributed by atoms with Crippen LogP contribution in [0, 0.1) is 0 Å². The molecule has 142 valence electrons. The number of anilines is 1. The lowest BCUT2D eigenvalue weighted by molar-refractivity contribution is 0.102. The van der Waals surface area contributed by atoms with Crippen molar-refractivity contribution >= 4 is 29.6 Å². The summed E-state index contributed by atoms with van der Waals surface area (Å²) >= 11 is 1.68. The van der Waals surface area contributed by atoms with E-state index in [9.17, 15) is 4.79 Å². The van der Waals surface area contributed by atoms with E-state index in [0.717, 1.165) is 22.2 Å². The van der Waals surface area contributed by atoms with Gasteiger partial charge in [0.25, 0.3) is 5.91 Å². The van der Waals surface area contributed by atoms with Gasteiger partial charge >= 0.3 is 0 Å². The number of aromatic nitrogens is 2. The molecule has 2 aromatic carbocycles. The van der Waals surface area contributed by atoms with Crippen LogP contribution in [0.5, 0.6) is 11.5 Å². The molecule has 7 heteroatoms. The highest BCUT2D eigenvalue weighted by atomic mass is 32.2. The molecule has 0 saturated carbocycles. The number of amides is 1. The van der Waals surface area contributed by atoms with E-state index >= 15 is 0 Å². The SMILES string of the molecule is COc1ccc(C(=O)Nc2ccccc2-c2cn3c(n2)SCC=C3)cc1OC. The van der Waals surface area contributed by atoms with Gasteiger partial charge in [-0.2, -0.15) is 0 Å². The summed E-state index contributed by atoms with van der Waals surface area (Å²) in [7, 11) is 3.10. The van der Waals surface area contributed by atoms with E-state index < -0.39 is 0 Å². The highest BCUT2D eigenvalue weighted by Gasteiger charge is 2.16. The van der Waals surface area contributed by atoms with E-state index in [4.69, 9.17) is 14.5 Å². The number of nitrogens with zero attached hydrogens (tertiary/aromatic N) is 2. The molecule has 1 amide bonds. The van der Waals surface area contributed by atoms with Crippen LogP contribution in [0.15, 0.2) is 59.9 Å². The van der Waals surface area contributed by atoms with E-state index in [1.807, 2.05) is 41.2 Å². The summed E-state index contributed by atoms with van der Waals surface area (Å²) in [4.78, 5) is 17.5. The number of nitrogens with one attached hydrogen (secondary N) is 1. The van der Waals surface area contributed by atoms with Gasteiger partial charge in [-0.05, 0) is 24.3 Å². The van der Waals surface area contributed by atoms with Crippen LogP contribution < -0.4 is 14.8 Å². The molecule has 3 aromatic rings. The molecule has 0 radical (unpaired) electrons. The van der Waals surface area contributed by atoms with Crippen LogP contribution in [-0.4, -0.2) is 35.4 Å². The highest BCUT2D eigenvalue weighted by molar-refractivity contribution is 7.99. The Labute approximate surface area is 167 Å². The second-order valence-corrected chi connectivity index (χ2v) is 7.07. The van der Waals surface area contributed by atoms with E-state index in [1.165, 1.54) is 0 Å². The van der Waals surface area contributed by atoms with Gasteiger partial charge in [0.05, 0.1) is 25.6 Å². The zero-order valence-corrected chi connectivity index (χ0v) is 16.3. The Morgan fingerprint density at radius 1 is 1.14 bits per heavy atom. The molecule has 0 atom stereocenters. The van der Waals surface area contributed by atoms with Crippen molar-refractivity contribution in [1.82, 2.24) is 9.55 Å². The molecular weight excluding hydrogens is 374 g/mol. The summed E-state index contributed by atoms with van der Waals surface area (Å²) in [6, 6.07) is 12.7. The summed E-state index contributed by atoms with van der Waals surface area (Å²) in [6.45, 7) is 0. The van der Waals surface area contributed by atoms with Gasteiger partial charge in [-0.15, -0.1) is 0 Å². The summed E-state index contributed by atoms with van der Waals surface area (Å²) in [6.07, 6.45) is 6.07. The van der Waals surface area contributed by atoms with Crippen LogP contribution in [0.2, 0.25) is 0 Å². The Morgan fingerprint density at radius 3 is 2.75 bits per heavy atom. The number of hydrogen-bond acceptors (Lipinski definition) is 5. The average Bonchev–Trinajstić information content (AvgIpc) is 3.17. The summed E-state index contributed by atoms with van der Waals surface area (Å²) in [5, 5.41) is 3.93. The first kappa shape index (κ1) is 18.2. The number of imidazole rings is 1. The van der Waals surface area contributed by atoms with Crippen molar-refractivity contribution < 1.29 is 14.3 Å².